The molecule has 112 valence electrons. The maximum Gasteiger partial charge on any atom is 0.323 e. The number of anilines is 2. The molecule has 0 atom stereocenters. The van der Waals surface area contributed by atoms with E-state index < -0.39 is 6.03 Å². The van der Waals surface area contributed by atoms with E-state index in [-0.39, 0.29) is 11.8 Å². The third-order valence-corrected chi connectivity index (χ3v) is 3.03. The second-order valence-corrected chi connectivity index (χ2v) is 4.90. The van der Waals surface area contributed by atoms with Crippen LogP contribution < -0.4 is 10.6 Å². The molecule has 3 N–H and O–H groups in total. The molecule has 2 heterocycles. The van der Waals surface area contributed by atoms with Gasteiger partial charge in [0.2, 0.25) is 0 Å². The molecule has 0 aromatic carbocycles. The van der Waals surface area contributed by atoms with E-state index >= 15 is 0 Å². The lowest BCUT2D eigenvalue weighted by Gasteiger charge is -2.11. The molecule has 0 unspecified atom stereocenters. The zero-order valence-corrected chi connectivity index (χ0v) is 12.5. The Bertz CT molecular complexity index is 633. The lowest BCUT2D eigenvalue weighted by atomic mass is 10.2. The number of amides is 2. The Morgan fingerprint density at radius 2 is 2.19 bits per heavy atom. The van der Waals surface area contributed by atoms with Crippen molar-refractivity contribution in [3.8, 4) is 0 Å². The van der Waals surface area contributed by atoms with Gasteiger partial charge in [-0.15, -0.1) is 0 Å². The molecular formula is C13H16ClN5O2. The molecule has 2 aromatic heterocycles. The van der Waals surface area contributed by atoms with Crippen molar-refractivity contribution in [2.24, 2.45) is 0 Å². The minimum absolute atomic E-state index is 0.0167. The van der Waals surface area contributed by atoms with Crippen LogP contribution >= 0.6 is 11.6 Å². The van der Waals surface area contributed by atoms with Gasteiger partial charge in [0.05, 0.1) is 30.7 Å². The summed E-state index contributed by atoms with van der Waals surface area (Å²) in [6.45, 7) is 4.03. The van der Waals surface area contributed by atoms with Crippen LogP contribution in [0.1, 0.15) is 11.3 Å². The maximum absolute atomic E-state index is 11.9. The third kappa shape index (κ3) is 3.93. The molecular weight excluding hydrogens is 294 g/mol. The highest BCUT2D eigenvalue weighted by molar-refractivity contribution is 6.32. The van der Waals surface area contributed by atoms with Crippen molar-refractivity contribution < 1.29 is 9.90 Å². The Balaban J connectivity index is 2.04. The van der Waals surface area contributed by atoms with Gasteiger partial charge in [0.25, 0.3) is 0 Å². The molecule has 0 saturated heterocycles. The number of aliphatic hydroxyl groups excluding tert-OH is 1. The summed E-state index contributed by atoms with van der Waals surface area (Å²) in [6, 6.07) is 1.40. The van der Waals surface area contributed by atoms with Crippen LogP contribution in [0.4, 0.5) is 16.2 Å². The van der Waals surface area contributed by atoms with Crippen molar-refractivity contribution in [3.63, 3.8) is 0 Å². The molecule has 0 radical (unpaired) electrons. The molecule has 0 bridgehead atoms. The molecule has 7 nitrogen and oxygen atoms in total. The standard InChI is InChI=1S/C13H16ClN5O2/c1-8-5-9(2)16-12(14)11(8)18-13(21)17-10-6-15-19(7-10)3-4-20/h5-7,20H,3-4H2,1-2H3,(H2,17,18,21). The monoisotopic (exact) mass is 309 g/mol. The van der Waals surface area contributed by atoms with E-state index in [2.05, 4.69) is 20.7 Å². The zero-order valence-electron chi connectivity index (χ0n) is 11.7. The average molecular weight is 310 g/mol. The number of aliphatic hydroxyl groups is 1. The van der Waals surface area contributed by atoms with E-state index in [1.807, 2.05) is 19.9 Å². The van der Waals surface area contributed by atoms with Crippen molar-refractivity contribution in [1.29, 1.82) is 0 Å². The molecule has 2 rings (SSSR count). The van der Waals surface area contributed by atoms with E-state index in [1.54, 1.807) is 6.20 Å². The van der Waals surface area contributed by atoms with Crippen LogP contribution in [0.15, 0.2) is 18.5 Å². The number of rotatable bonds is 4. The molecule has 21 heavy (non-hydrogen) atoms. The van der Waals surface area contributed by atoms with Crippen LogP contribution in [0.5, 0.6) is 0 Å². The van der Waals surface area contributed by atoms with Crippen LogP contribution in [0.3, 0.4) is 0 Å². The number of hydrogen-bond acceptors (Lipinski definition) is 4. The van der Waals surface area contributed by atoms with Gasteiger partial charge in [-0.1, -0.05) is 11.6 Å². The number of aryl methyl sites for hydroxylation is 2. The Labute approximate surface area is 126 Å². The van der Waals surface area contributed by atoms with Crippen molar-refractivity contribution >= 4 is 29.0 Å². The highest BCUT2D eigenvalue weighted by Gasteiger charge is 2.11. The minimum atomic E-state index is -0.436. The maximum atomic E-state index is 11.9. The minimum Gasteiger partial charge on any atom is -0.394 e. The van der Waals surface area contributed by atoms with Gasteiger partial charge >= 0.3 is 6.03 Å². The van der Waals surface area contributed by atoms with Crippen LogP contribution in [0.2, 0.25) is 5.15 Å². The second kappa shape index (κ2) is 6.55. The summed E-state index contributed by atoms with van der Waals surface area (Å²) in [5.74, 6) is 0. The van der Waals surface area contributed by atoms with Crippen molar-refractivity contribution in [1.82, 2.24) is 14.8 Å². The van der Waals surface area contributed by atoms with Gasteiger partial charge in [-0.05, 0) is 25.5 Å². The predicted molar refractivity (Wildman–Crippen MR) is 80.7 cm³/mol. The fraction of sp³-hybridized carbons (Fsp3) is 0.308. The first-order valence-electron chi connectivity index (χ1n) is 6.34. The summed E-state index contributed by atoms with van der Waals surface area (Å²) < 4.78 is 1.53. The number of halogens is 1. The fourth-order valence-electron chi connectivity index (χ4n) is 1.87. The molecule has 0 aliphatic rings. The molecule has 0 aliphatic carbocycles. The number of nitrogens with zero attached hydrogens (tertiary/aromatic N) is 3. The third-order valence-electron chi connectivity index (χ3n) is 2.76. The molecule has 0 saturated carbocycles. The first-order chi connectivity index (χ1) is 9.99. The van der Waals surface area contributed by atoms with E-state index in [9.17, 15) is 4.79 Å². The molecule has 2 aromatic rings. The fourth-order valence-corrected chi connectivity index (χ4v) is 2.20. The van der Waals surface area contributed by atoms with Crippen molar-refractivity contribution in [3.05, 3.63) is 34.9 Å². The smallest absolute Gasteiger partial charge is 0.323 e. The van der Waals surface area contributed by atoms with E-state index in [0.29, 0.717) is 17.9 Å². The summed E-state index contributed by atoms with van der Waals surface area (Å²) in [5.41, 5.74) is 2.62. The number of pyridine rings is 1. The van der Waals surface area contributed by atoms with Gasteiger partial charge < -0.3 is 15.7 Å². The van der Waals surface area contributed by atoms with E-state index in [0.717, 1.165) is 11.3 Å². The molecule has 2 amide bonds. The molecule has 0 aliphatic heterocycles. The van der Waals surface area contributed by atoms with Crippen LogP contribution in [0, 0.1) is 13.8 Å². The molecule has 0 spiro atoms. The number of nitrogens with one attached hydrogen (secondary N) is 2. The number of carbonyl (C=O) groups excluding carboxylic acids is 1. The van der Waals surface area contributed by atoms with Crippen LogP contribution in [-0.2, 0) is 6.54 Å². The predicted octanol–water partition coefficient (Wildman–Crippen LogP) is 2.18. The largest absolute Gasteiger partial charge is 0.394 e. The summed E-state index contributed by atoms with van der Waals surface area (Å²) >= 11 is 6.03. The van der Waals surface area contributed by atoms with Gasteiger partial charge in [-0.3, -0.25) is 4.68 Å². The lowest BCUT2D eigenvalue weighted by molar-refractivity contribution is 0.262. The second-order valence-electron chi connectivity index (χ2n) is 4.54. The van der Waals surface area contributed by atoms with Crippen LogP contribution in [-0.4, -0.2) is 32.5 Å². The van der Waals surface area contributed by atoms with Gasteiger partial charge in [0.15, 0.2) is 5.15 Å². The molecule has 0 fully saturated rings. The van der Waals surface area contributed by atoms with Gasteiger partial charge in [0, 0.05) is 11.9 Å². The van der Waals surface area contributed by atoms with E-state index in [4.69, 9.17) is 16.7 Å². The number of carbonyl (C=O) groups is 1. The summed E-state index contributed by atoms with van der Waals surface area (Å²) in [6.07, 6.45) is 3.12. The van der Waals surface area contributed by atoms with Gasteiger partial charge in [0.1, 0.15) is 0 Å². The first kappa shape index (κ1) is 15.3. The molecule has 8 heteroatoms. The lowest BCUT2D eigenvalue weighted by Crippen LogP contribution is -2.20. The highest BCUT2D eigenvalue weighted by atomic mass is 35.5. The summed E-state index contributed by atoms with van der Waals surface area (Å²) in [7, 11) is 0. The first-order valence-corrected chi connectivity index (χ1v) is 6.72. The number of urea groups is 1. The topological polar surface area (TPSA) is 92.1 Å². The highest BCUT2D eigenvalue weighted by Crippen LogP contribution is 2.24. The Hall–Kier alpha value is -2.12. The Morgan fingerprint density at radius 3 is 2.86 bits per heavy atom. The van der Waals surface area contributed by atoms with Crippen molar-refractivity contribution in [2.45, 2.75) is 20.4 Å². The Kier molecular flexibility index (Phi) is 4.77. The van der Waals surface area contributed by atoms with Crippen molar-refractivity contribution in [2.75, 3.05) is 17.2 Å². The Morgan fingerprint density at radius 1 is 1.43 bits per heavy atom. The quantitative estimate of drug-likeness (QED) is 0.755. The normalized spacial score (nSPS) is 10.5. The summed E-state index contributed by atoms with van der Waals surface area (Å²) in [5, 5.41) is 18.3. The van der Waals surface area contributed by atoms with E-state index in [1.165, 1.54) is 10.9 Å². The number of hydrogen-bond donors (Lipinski definition) is 3. The summed E-state index contributed by atoms with van der Waals surface area (Å²) in [4.78, 5) is 16.0. The van der Waals surface area contributed by atoms with Gasteiger partial charge in [-0.2, -0.15) is 5.10 Å². The average Bonchev–Trinajstić information content (AvgIpc) is 2.81. The van der Waals surface area contributed by atoms with Gasteiger partial charge in [-0.25, -0.2) is 9.78 Å². The zero-order chi connectivity index (χ0) is 15.4. The van der Waals surface area contributed by atoms with Crippen LogP contribution in [0.25, 0.3) is 0 Å². The number of aromatic nitrogens is 3. The SMILES string of the molecule is Cc1cc(C)c(NC(=O)Nc2cnn(CCO)c2)c(Cl)n1.